The Labute approximate surface area is 143 Å². The second-order valence-corrected chi connectivity index (χ2v) is 5.91. The average Bonchev–Trinajstić information content (AvgIpc) is 2.54. The summed E-state index contributed by atoms with van der Waals surface area (Å²) >= 11 is 0. The minimum absolute atomic E-state index is 0.141. The van der Waals surface area contributed by atoms with E-state index in [2.05, 4.69) is 11.4 Å². The van der Waals surface area contributed by atoms with Gasteiger partial charge < -0.3 is 14.8 Å². The van der Waals surface area contributed by atoms with Crippen molar-refractivity contribution in [2.45, 2.75) is 33.5 Å². The van der Waals surface area contributed by atoms with Crippen molar-refractivity contribution in [3.8, 4) is 5.75 Å². The maximum Gasteiger partial charge on any atom is 0.260 e. The predicted molar refractivity (Wildman–Crippen MR) is 95.1 cm³/mol. The number of nitrogens with one attached hydrogen (secondary N) is 1. The second kappa shape index (κ2) is 9.08. The highest BCUT2D eigenvalue weighted by Gasteiger charge is 2.14. The summed E-state index contributed by atoms with van der Waals surface area (Å²) in [4.78, 5) is 12.1. The van der Waals surface area contributed by atoms with Crippen LogP contribution in [0.25, 0.3) is 0 Å². The Kier molecular flexibility index (Phi) is 6.82. The van der Waals surface area contributed by atoms with Crippen LogP contribution < -0.4 is 10.1 Å². The van der Waals surface area contributed by atoms with Crippen molar-refractivity contribution in [3.63, 3.8) is 0 Å². The Morgan fingerprint density at radius 3 is 2.42 bits per heavy atom. The highest BCUT2D eigenvalue weighted by molar-refractivity contribution is 5.80. The lowest BCUT2D eigenvalue weighted by molar-refractivity contribution is -0.127. The van der Waals surface area contributed by atoms with Gasteiger partial charge >= 0.3 is 0 Å². The number of carbonyl (C=O) groups is 1. The molecule has 4 heteroatoms. The third-order valence-electron chi connectivity index (χ3n) is 3.53. The average molecular weight is 327 g/mol. The SMILES string of the molecule is Cc1cc(C)cc(OC(C)C(=O)NCCOCc2ccccc2)c1. The zero-order valence-electron chi connectivity index (χ0n) is 14.5. The number of amides is 1. The van der Waals surface area contributed by atoms with E-state index in [4.69, 9.17) is 9.47 Å². The normalized spacial score (nSPS) is 11.8. The van der Waals surface area contributed by atoms with Crippen molar-refractivity contribution in [3.05, 3.63) is 65.2 Å². The molecule has 2 rings (SSSR count). The van der Waals surface area contributed by atoms with E-state index in [0.29, 0.717) is 19.8 Å². The zero-order chi connectivity index (χ0) is 17.4. The van der Waals surface area contributed by atoms with Crippen LogP contribution in [0.4, 0.5) is 0 Å². The van der Waals surface area contributed by atoms with Crippen LogP contribution in [-0.4, -0.2) is 25.2 Å². The number of carbonyl (C=O) groups excluding carboxylic acids is 1. The van der Waals surface area contributed by atoms with Gasteiger partial charge in [-0.2, -0.15) is 0 Å². The first-order chi connectivity index (χ1) is 11.5. The standard InChI is InChI=1S/C20H25NO3/c1-15-11-16(2)13-19(12-15)24-17(3)20(22)21-9-10-23-14-18-7-5-4-6-8-18/h4-8,11-13,17H,9-10,14H2,1-3H3,(H,21,22). The summed E-state index contributed by atoms with van der Waals surface area (Å²) in [5.74, 6) is 0.577. The number of hydrogen-bond donors (Lipinski definition) is 1. The number of ether oxygens (including phenoxy) is 2. The molecule has 0 aromatic heterocycles. The quantitative estimate of drug-likeness (QED) is 0.756. The van der Waals surface area contributed by atoms with Crippen molar-refractivity contribution >= 4 is 5.91 Å². The van der Waals surface area contributed by atoms with E-state index in [9.17, 15) is 4.79 Å². The molecule has 0 spiro atoms. The summed E-state index contributed by atoms with van der Waals surface area (Å²) in [6, 6.07) is 15.9. The van der Waals surface area contributed by atoms with Crippen LogP contribution in [0.5, 0.6) is 5.75 Å². The first-order valence-corrected chi connectivity index (χ1v) is 8.19. The summed E-state index contributed by atoms with van der Waals surface area (Å²) in [5.41, 5.74) is 3.36. The van der Waals surface area contributed by atoms with Crippen molar-refractivity contribution in [1.29, 1.82) is 0 Å². The molecule has 0 fully saturated rings. The lowest BCUT2D eigenvalue weighted by Crippen LogP contribution is -2.38. The van der Waals surface area contributed by atoms with E-state index < -0.39 is 6.10 Å². The van der Waals surface area contributed by atoms with Gasteiger partial charge in [0.2, 0.25) is 0 Å². The topological polar surface area (TPSA) is 47.6 Å². The molecule has 0 saturated carbocycles. The number of aryl methyl sites for hydroxylation is 2. The van der Waals surface area contributed by atoms with Crippen molar-refractivity contribution < 1.29 is 14.3 Å². The lowest BCUT2D eigenvalue weighted by atomic mass is 10.1. The minimum Gasteiger partial charge on any atom is -0.481 e. The number of hydrogen-bond acceptors (Lipinski definition) is 3. The van der Waals surface area contributed by atoms with Gasteiger partial charge in [0.25, 0.3) is 5.91 Å². The summed E-state index contributed by atoms with van der Waals surface area (Å²) in [6.07, 6.45) is -0.541. The van der Waals surface area contributed by atoms with E-state index >= 15 is 0 Å². The Morgan fingerprint density at radius 1 is 1.08 bits per heavy atom. The largest absolute Gasteiger partial charge is 0.481 e. The van der Waals surface area contributed by atoms with Gasteiger partial charge in [0, 0.05) is 6.54 Å². The molecule has 1 amide bonds. The molecular formula is C20H25NO3. The van der Waals surface area contributed by atoms with Crippen molar-refractivity contribution in [2.24, 2.45) is 0 Å². The van der Waals surface area contributed by atoms with Crippen LogP contribution in [-0.2, 0) is 16.1 Å². The third-order valence-corrected chi connectivity index (χ3v) is 3.53. The van der Waals surface area contributed by atoms with Gasteiger partial charge in [0.05, 0.1) is 13.2 Å². The summed E-state index contributed by atoms with van der Waals surface area (Å²) in [5, 5.41) is 2.83. The monoisotopic (exact) mass is 327 g/mol. The molecular weight excluding hydrogens is 302 g/mol. The molecule has 128 valence electrons. The zero-order valence-corrected chi connectivity index (χ0v) is 14.5. The Balaban J connectivity index is 1.68. The molecule has 2 aromatic carbocycles. The van der Waals surface area contributed by atoms with Gasteiger partial charge in [0.15, 0.2) is 6.10 Å². The Hall–Kier alpha value is -2.33. The molecule has 0 heterocycles. The molecule has 0 radical (unpaired) electrons. The molecule has 0 aliphatic rings. The summed E-state index contributed by atoms with van der Waals surface area (Å²) in [7, 11) is 0. The first-order valence-electron chi connectivity index (χ1n) is 8.19. The van der Waals surface area contributed by atoms with Gasteiger partial charge in [-0.3, -0.25) is 4.79 Å². The molecule has 0 aliphatic heterocycles. The highest BCUT2D eigenvalue weighted by Crippen LogP contribution is 2.17. The molecule has 1 N–H and O–H groups in total. The first kappa shape index (κ1) is 18.0. The van der Waals surface area contributed by atoms with E-state index in [1.54, 1.807) is 6.92 Å². The maximum absolute atomic E-state index is 12.1. The lowest BCUT2D eigenvalue weighted by Gasteiger charge is -2.15. The van der Waals surface area contributed by atoms with Gasteiger partial charge in [-0.25, -0.2) is 0 Å². The Morgan fingerprint density at radius 2 is 1.75 bits per heavy atom. The molecule has 2 aromatic rings. The fourth-order valence-electron chi connectivity index (χ4n) is 2.41. The summed E-state index contributed by atoms with van der Waals surface area (Å²) in [6.45, 7) is 7.25. The fraction of sp³-hybridized carbons (Fsp3) is 0.350. The van der Waals surface area contributed by atoms with Gasteiger partial charge in [-0.1, -0.05) is 36.4 Å². The predicted octanol–water partition coefficient (Wildman–Crippen LogP) is 3.40. The second-order valence-electron chi connectivity index (χ2n) is 5.91. The van der Waals surface area contributed by atoms with Gasteiger partial charge in [-0.05, 0) is 49.6 Å². The van der Waals surface area contributed by atoms with E-state index in [0.717, 1.165) is 22.4 Å². The molecule has 1 atom stereocenters. The number of benzene rings is 2. The Bertz CT molecular complexity index is 635. The fourth-order valence-corrected chi connectivity index (χ4v) is 2.41. The minimum atomic E-state index is -0.541. The van der Waals surface area contributed by atoms with Crippen molar-refractivity contribution in [2.75, 3.05) is 13.2 Å². The van der Waals surface area contributed by atoms with Crippen molar-refractivity contribution in [1.82, 2.24) is 5.32 Å². The van der Waals surface area contributed by atoms with Crippen LogP contribution in [0, 0.1) is 13.8 Å². The van der Waals surface area contributed by atoms with E-state index in [1.807, 2.05) is 56.3 Å². The molecule has 0 aliphatic carbocycles. The summed E-state index contributed by atoms with van der Waals surface area (Å²) < 4.78 is 11.3. The van der Waals surface area contributed by atoms with Crippen LogP contribution in [0.2, 0.25) is 0 Å². The highest BCUT2D eigenvalue weighted by atomic mass is 16.5. The van der Waals surface area contributed by atoms with E-state index in [1.165, 1.54) is 0 Å². The van der Waals surface area contributed by atoms with Crippen LogP contribution in [0.15, 0.2) is 48.5 Å². The van der Waals surface area contributed by atoms with Crippen LogP contribution in [0.3, 0.4) is 0 Å². The van der Waals surface area contributed by atoms with Crippen LogP contribution >= 0.6 is 0 Å². The molecule has 0 saturated heterocycles. The molecule has 24 heavy (non-hydrogen) atoms. The maximum atomic E-state index is 12.1. The molecule has 1 unspecified atom stereocenters. The molecule has 0 bridgehead atoms. The van der Waals surface area contributed by atoms with Gasteiger partial charge in [0.1, 0.15) is 5.75 Å². The van der Waals surface area contributed by atoms with Crippen LogP contribution in [0.1, 0.15) is 23.6 Å². The smallest absolute Gasteiger partial charge is 0.260 e. The third kappa shape index (κ3) is 6.05. The van der Waals surface area contributed by atoms with Gasteiger partial charge in [-0.15, -0.1) is 0 Å². The molecule has 4 nitrogen and oxygen atoms in total. The van der Waals surface area contributed by atoms with E-state index in [-0.39, 0.29) is 5.91 Å². The number of rotatable bonds is 8.